The highest BCUT2D eigenvalue weighted by Gasteiger charge is 2.36. The summed E-state index contributed by atoms with van der Waals surface area (Å²) >= 11 is 6.70. The maximum absolute atomic E-state index is 12.9. The first-order chi connectivity index (χ1) is 20.0. The zero-order valence-corrected chi connectivity index (χ0v) is 23.3. The summed E-state index contributed by atoms with van der Waals surface area (Å²) in [4.78, 5) is 59.6. The van der Waals surface area contributed by atoms with Crippen LogP contribution in [0.25, 0.3) is 6.08 Å². The fourth-order valence-electron chi connectivity index (χ4n) is 3.70. The number of rotatable bonds is 10. The minimum Gasteiger partial charge on any atom is -0.495 e. The Kier molecular flexibility index (Phi) is 8.93. The van der Waals surface area contributed by atoms with Crippen molar-refractivity contribution in [3.8, 4) is 23.0 Å². The summed E-state index contributed by atoms with van der Waals surface area (Å²) in [6.45, 7) is -0.532. The molecule has 3 aromatic rings. The predicted molar refractivity (Wildman–Crippen MR) is 152 cm³/mol. The Bertz CT molecular complexity index is 1660. The number of nitro benzene ring substituents is 2. The topological polar surface area (TPSA) is 180 Å². The van der Waals surface area contributed by atoms with E-state index >= 15 is 0 Å². The molecule has 216 valence electrons. The number of nitrogens with zero attached hydrogens (tertiary/aromatic N) is 3. The van der Waals surface area contributed by atoms with Crippen LogP contribution < -0.4 is 19.5 Å². The molecule has 1 aliphatic rings. The van der Waals surface area contributed by atoms with Crippen LogP contribution in [0.5, 0.6) is 23.0 Å². The number of non-ortho nitro benzene ring substituents is 1. The van der Waals surface area contributed by atoms with Crippen molar-refractivity contribution in [2.45, 2.75) is 0 Å². The second-order valence-corrected chi connectivity index (χ2v) is 9.74. The van der Waals surface area contributed by atoms with Gasteiger partial charge in [-0.3, -0.25) is 39.5 Å². The molecule has 0 bridgehead atoms. The second kappa shape index (κ2) is 12.6. The molecule has 0 saturated carbocycles. The SMILES string of the molecule is COc1ccc(NC(=O)CN2C(=O)S/C(=C/c3ccc(Oc4ccc([N+](=O)[O-])cc4[N+](=O)[O-])c(OC)c3)C2=O)cc1Cl. The molecule has 1 N–H and O–H groups in total. The first-order valence-corrected chi connectivity index (χ1v) is 12.9. The van der Waals surface area contributed by atoms with Crippen molar-refractivity contribution in [2.24, 2.45) is 0 Å². The molecule has 0 radical (unpaired) electrons. The van der Waals surface area contributed by atoms with Gasteiger partial charge in [-0.1, -0.05) is 17.7 Å². The summed E-state index contributed by atoms with van der Waals surface area (Å²) in [7, 11) is 2.76. The molecule has 1 aliphatic heterocycles. The lowest BCUT2D eigenvalue weighted by molar-refractivity contribution is -0.394. The molecule has 42 heavy (non-hydrogen) atoms. The molecule has 14 nitrogen and oxygen atoms in total. The van der Waals surface area contributed by atoms with Crippen molar-refractivity contribution in [1.82, 2.24) is 4.90 Å². The lowest BCUT2D eigenvalue weighted by Gasteiger charge is -2.13. The number of anilines is 1. The average molecular weight is 615 g/mol. The number of imide groups is 1. The largest absolute Gasteiger partial charge is 0.495 e. The number of amides is 3. The average Bonchev–Trinajstić information content (AvgIpc) is 3.20. The Labute approximate surface area is 246 Å². The van der Waals surface area contributed by atoms with Crippen molar-refractivity contribution in [2.75, 3.05) is 26.1 Å². The molecule has 16 heteroatoms. The number of halogens is 1. The van der Waals surface area contributed by atoms with Crippen LogP contribution in [0.15, 0.2) is 59.5 Å². The molecule has 1 fully saturated rings. The summed E-state index contributed by atoms with van der Waals surface area (Å²) in [6, 6.07) is 11.9. The number of ether oxygens (including phenoxy) is 3. The van der Waals surface area contributed by atoms with Gasteiger partial charge >= 0.3 is 5.69 Å². The van der Waals surface area contributed by atoms with Gasteiger partial charge in [-0.15, -0.1) is 0 Å². The van der Waals surface area contributed by atoms with E-state index in [0.717, 1.165) is 23.1 Å². The summed E-state index contributed by atoms with van der Waals surface area (Å²) in [5, 5.41) is 24.6. The van der Waals surface area contributed by atoms with Crippen LogP contribution in [-0.4, -0.2) is 52.6 Å². The van der Waals surface area contributed by atoms with Gasteiger partial charge in [0.1, 0.15) is 12.3 Å². The normalized spacial score (nSPS) is 13.7. The van der Waals surface area contributed by atoms with Gasteiger partial charge in [-0.25, -0.2) is 0 Å². The Morgan fingerprint density at radius 2 is 1.64 bits per heavy atom. The number of thioether (sulfide) groups is 1. The van der Waals surface area contributed by atoms with Crippen molar-refractivity contribution >= 4 is 63.6 Å². The number of benzene rings is 3. The number of carbonyl (C=O) groups excluding carboxylic acids is 3. The first kappa shape index (κ1) is 29.8. The Balaban J connectivity index is 1.49. The fourth-order valence-corrected chi connectivity index (χ4v) is 4.80. The lowest BCUT2D eigenvalue weighted by atomic mass is 10.1. The maximum atomic E-state index is 12.9. The van der Waals surface area contributed by atoms with Gasteiger partial charge in [0.05, 0.1) is 40.1 Å². The highest BCUT2D eigenvalue weighted by molar-refractivity contribution is 8.18. The van der Waals surface area contributed by atoms with Gasteiger partial charge in [-0.2, -0.15) is 0 Å². The van der Waals surface area contributed by atoms with Gasteiger partial charge in [0.15, 0.2) is 11.5 Å². The van der Waals surface area contributed by atoms with E-state index in [2.05, 4.69) is 5.32 Å². The van der Waals surface area contributed by atoms with E-state index in [1.807, 2.05) is 0 Å². The van der Waals surface area contributed by atoms with Gasteiger partial charge < -0.3 is 19.5 Å². The molecule has 0 atom stereocenters. The fraction of sp³-hybridized carbons (Fsp3) is 0.115. The van der Waals surface area contributed by atoms with Crippen LogP contribution in [0.4, 0.5) is 21.9 Å². The Morgan fingerprint density at radius 3 is 2.29 bits per heavy atom. The van der Waals surface area contributed by atoms with Crippen molar-refractivity contribution in [3.63, 3.8) is 0 Å². The van der Waals surface area contributed by atoms with Crippen molar-refractivity contribution < 1.29 is 38.4 Å². The zero-order chi connectivity index (χ0) is 30.6. The van der Waals surface area contributed by atoms with E-state index in [-0.39, 0.29) is 27.2 Å². The van der Waals surface area contributed by atoms with E-state index in [1.165, 1.54) is 44.6 Å². The molecule has 1 saturated heterocycles. The monoisotopic (exact) mass is 614 g/mol. The smallest absolute Gasteiger partial charge is 0.318 e. The Hall–Kier alpha value is -5.15. The number of hydrogen-bond acceptors (Lipinski definition) is 11. The Morgan fingerprint density at radius 1 is 0.952 bits per heavy atom. The van der Waals surface area contributed by atoms with E-state index in [4.69, 9.17) is 25.8 Å². The first-order valence-electron chi connectivity index (χ1n) is 11.7. The summed E-state index contributed by atoms with van der Waals surface area (Å²) in [5.74, 6) is -0.984. The van der Waals surface area contributed by atoms with Crippen LogP contribution in [0.2, 0.25) is 5.02 Å². The standard InChI is InChI=1S/C26H19ClN4O10S/c1-39-19-7-4-15(11-17(19)27)28-24(32)13-29-25(33)23(42-26(29)34)10-14-3-6-21(22(9-14)40-2)41-20-8-5-16(30(35)36)12-18(20)31(37)38/h3-12H,13H2,1-2H3,(H,28,32)/b23-10+. The van der Waals surface area contributed by atoms with Crippen LogP contribution >= 0.6 is 23.4 Å². The number of hydrogen-bond donors (Lipinski definition) is 1. The van der Waals surface area contributed by atoms with Gasteiger partial charge in [0, 0.05) is 11.8 Å². The molecule has 0 spiro atoms. The van der Waals surface area contributed by atoms with E-state index < -0.39 is 44.8 Å². The minimum absolute atomic E-state index is 0.0435. The third-order valence-corrected chi connectivity index (χ3v) is 6.87. The summed E-state index contributed by atoms with van der Waals surface area (Å²) < 4.78 is 16.0. The van der Waals surface area contributed by atoms with E-state index in [9.17, 15) is 34.6 Å². The number of carbonyl (C=O) groups is 3. The summed E-state index contributed by atoms with van der Waals surface area (Å²) in [6.07, 6.45) is 1.41. The number of methoxy groups -OCH3 is 2. The quantitative estimate of drug-likeness (QED) is 0.169. The van der Waals surface area contributed by atoms with Gasteiger partial charge in [0.2, 0.25) is 11.7 Å². The molecular formula is C26H19ClN4O10S. The van der Waals surface area contributed by atoms with Gasteiger partial charge in [-0.05, 0) is 59.8 Å². The molecule has 0 unspecified atom stereocenters. The number of nitro groups is 2. The molecule has 0 aromatic heterocycles. The van der Waals surface area contributed by atoms with E-state index in [1.54, 1.807) is 12.1 Å². The molecule has 3 amide bonds. The third kappa shape index (κ3) is 6.59. The van der Waals surface area contributed by atoms with Crippen LogP contribution in [0, 0.1) is 20.2 Å². The van der Waals surface area contributed by atoms with Crippen molar-refractivity contribution in [1.29, 1.82) is 0 Å². The molecule has 1 heterocycles. The highest BCUT2D eigenvalue weighted by atomic mass is 35.5. The number of nitrogens with one attached hydrogen (secondary N) is 1. The zero-order valence-electron chi connectivity index (χ0n) is 21.7. The second-order valence-electron chi connectivity index (χ2n) is 8.34. The van der Waals surface area contributed by atoms with Crippen molar-refractivity contribution in [3.05, 3.63) is 90.3 Å². The maximum Gasteiger partial charge on any atom is 0.318 e. The molecule has 0 aliphatic carbocycles. The minimum atomic E-state index is -0.814. The molecule has 4 rings (SSSR count). The van der Waals surface area contributed by atoms with Crippen LogP contribution in [0.3, 0.4) is 0 Å². The van der Waals surface area contributed by atoms with Gasteiger partial charge in [0.25, 0.3) is 16.8 Å². The van der Waals surface area contributed by atoms with E-state index in [0.29, 0.717) is 28.8 Å². The predicted octanol–water partition coefficient (Wildman–Crippen LogP) is 5.64. The highest BCUT2D eigenvalue weighted by Crippen LogP contribution is 2.39. The third-order valence-electron chi connectivity index (χ3n) is 5.67. The van der Waals surface area contributed by atoms with Crippen LogP contribution in [0.1, 0.15) is 5.56 Å². The molecule has 3 aromatic carbocycles. The summed E-state index contributed by atoms with van der Waals surface area (Å²) in [5.41, 5.74) is -0.335. The van der Waals surface area contributed by atoms with Crippen LogP contribution in [-0.2, 0) is 9.59 Å². The lowest BCUT2D eigenvalue weighted by Crippen LogP contribution is -2.36. The molecular weight excluding hydrogens is 596 g/mol.